The van der Waals surface area contributed by atoms with E-state index in [-0.39, 0.29) is 0 Å². The topological polar surface area (TPSA) is 0 Å². The molecule has 0 unspecified atom stereocenters. The molecule has 0 saturated heterocycles. The minimum Gasteiger partial charge on any atom is -0.0837 e. The van der Waals surface area contributed by atoms with Gasteiger partial charge in [-0.2, -0.15) is 0 Å². The number of hydrogen-bond donors (Lipinski definition) is 0. The van der Waals surface area contributed by atoms with Crippen molar-refractivity contribution in [2.45, 2.75) is 6.42 Å². The highest BCUT2D eigenvalue weighted by Crippen LogP contribution is 2.40. The van der Waals surface area contributed by atoms with Gasteiger partial charge in [-0.1, -0.05) is 84.4 Å². The van der Waals surface area contributed by atoms with Gasteiger partial charge in [0, 0.05) is 5.03 Å². The Morgan fingerprint density at radius 1 is 0.773 bits per heavy atom. The van der Waals surface area contributed by atoms with Gasteiger partial charge in [0.2, 0.25) is 0 Å². The van der Waals surface area contributed by atoms with E-state index in [2.05, 4.69) is 54.6 Å². The highest BCUT2D eigenvalue weighted by Gasteiger charge is 2.21. The van der Waals surface area contributed by atoms with Gasteiger partial charge >= 0.3 is 0 Å². The van der Waals surface area contributed by atoms with Crippen LogP contribution in [0.3, 0.4) is 0 Å². The van der Waals surface area contributed by atoms with E-state index in [0.29, 0.717) is 0 Å². The van der Waals surface area contributed by atoms with Crippen LogP contribution < -0.4 is 0 Å². The van der Waals surface area contributed by atoms with Crippen LogP contribution in [0, 0.1) is 0 Å². The quantitative estimate of drug-likeness (QED) is 0.399. The van der Waals surface area contributed by atoms with Crippen molar-refractivity contribution in [1.29, 1.82) is 0 Å². The number of hydrogen-bond acceptors (Lipinski definition) is 0. The fraction of sp³-hybridized carbons (Fsp3) is 0.0476. The maximum absolute atomic E-state index is 6.63. The molecular weight excluding hydrogens is 288 g/mol. The van der Waals surface area contributed by atoms with Gasteiger partial charge in [-0.3, -0.25) is 0 Å². The van der Waals surface area contributed by atoms with Crippen LogP contribution in [-0.4, -0.2) is 0 Å². The average molecular weight is 303 g/mol. The first-order chi connectivity index (χ1) is 10.8. The van der Waals surface area contributed by atoms with Gasteiger partial charge in [-0.25, -0.2) is 0 Å². The smallest absolute Gasteiger partial charge is 0.0487 e. The predicted octanol–water partition coefficient (Wildman–Crippen LogP) is 5.99. The largest absolute Gasteiger partial charge is 0.0837 e. The van der Waals surface area contributed by atoms with Crippen LogP contribution in [0.1, 0.15) is 22.3 Å². The summed E-state index contributed by atoms with van der Waals surface area (Å²) in [6.07, 6.45) is 3.00. The molecule has 106 valence electrons. The van der Waals surface area contributed by atoms with E-state index in [0.717, 1.165) is 22.6 Å². The van der Waals surface area contributed by atoms with Crippen LogP contribution in [-0.2, 0) is 6.42 Å². The van der Waals surface area contributed by atoms with Crippen molar-refractivity contribution in [2.24, 2.45) is 0 Å². The first kappa shape index (κ1) is 13.4. The molecule has 0 bridgehead atoms. The molecule has 22 heavy (non-hydrogen) atoms. The zero-order valence-corrected chi connectivity index (χ0v) is 12.8. The summed E-state index contributed by atoms with van der Waals surface area (Å²) in [4.78, 5) is 0. The molecular formula is C21H15Cl. The number of benzene rings is 3. The van der Waals surface area contributed by atoms with Crippen LogP contribution in [0.25, 0.3) is 22.2 Å². The fourth-order valence-electron chi connectivity index (χ4n) is 3.15. The molecule has 0 fully saturated rings. The molecule has 4 rings (SSSR count). The summed E-state index contributed by atoms with van der Waals surface area (Å²) in [6.45, 7) is 0. The van der Waals surface area contributed by atoms with Gasteiger partial charge in [-0.15, -0.1) is 0 Å². The lowest BCUT2D eigenvalue weighted by Gasteiger charge is -2.08. The van der Waals surface area contributed by atoms with E-state index in [9.17, 15) is 0 Å². The molecule has 1 aliphatic carbocycles. The minimum absolute atomic E-state index is 0.802. The molecule has 0 amide bonds. The zero-order chi connectivity index (χ0) is 14.9. The molecule has 0 nitrogen and oxygen atoms in total. The Hall–Kier alpha value is -2.31. The van der Waals surface area contributed by atoms with Crippen molar-refractivity contribution in [3.8, 4) is 11.1 Å². The van der Waals surface area contributed by atoms with E-state index >= 15 is 0 Å². The lowest BCUT2D eigenvalue weighted by atomic mass is 10.00. The maximum atomic E-state index is 6.63. The second-order valence-electron chi connectivity index (χ2n) is 5.57. The Morgan fingerprint density at radius 2 is 1.50 bits per heavy atom. The van der Waals surface area contributed by atoms with Crippen LogP contribution >= 0.6 is 11.6 Å². The molecule has 1 heteroatoms. The van der Waals surface area contributed by atoms with E-state index in [1.165, 1.54) is 22.3 Å². The fourth-order valence-corrected chi connectivity index (χ4v) is 3.46. The lowest BCUT2D eigenvalue weighted by molar-refractivity contribution is 1.25. The van der Waals surface area contributed by atoms with E-state index < -0.39 is 0 Å². The summed E-state index contributed by atoms with van der Waals surface area (Å²) in [7, 11) is 0. The first-order valence-corrected chi connectivity index (χ1v) is 7.83. The Labute approximate surface area is 135 Å². The van der Waals surface area contributed by atoms with Gasteiger partial charge in [0.1, 0.15) is 0 Å². The van der Waals surface area contributed by atoms with Crippen molar-refractivity contribution < 1.29 is 0 Å². The third-order valence-electron chi connectivity index (χ3n) is 4.20. The minimum atomic E-state index is 0.802. The Kier molecular flexibility index (Phi) is 3.32. The van der Waals surface area contributed by atoms with Crippen molar-refractivity contribution in [1.82, 2.24) is 0 Å². The third-order valence-corrected chi connectivity index (χ3v) is 4.51. The zero-order valence-electron chi connectivity index (χ0n) is 12.1. The second-order valence-corrected chi connectivity index (χ2v) is 5.98. The summed E-state index contributed by atoms with van der Waals surface area (Å²) in [6, 6.07) is 25.2. The molecule has 0 N–H and O–H groups in total. The molecule has 0 radical (unpaired) electrons. The molecule has 0 saturated carbocycles. The van der Waals surface area contributed by atoms with E-state index in [1.54, 1.807) is 0 Å². The van der Waals surface area contributed by atoms with Crippen LogP contribution in [0.4, 0.5) is 0 Å². The summed E-state index contributed by atoms with van der Waals surface area (Å²) in [5.41, 5.74) is 7.63. The van der Waals surface area contributed by atoms with Gasteiger partial charge in [0.05, 0.1) is 0 Å². The number of rotatable bonds is 2. The molecule has 1 aliphatic rings. The summed E-state index contributed by atoms with van der Waals surface area (Å²) >= 11 is 6.63. The SMILES string of the molecule is ClC(=Cc1ccccc1)c1cccc2c1Cc1ccccc1-2. The number of fused-ring (bicyclic) bond motifs is 3. The monoisotopic (exact) mass is 302 g/mol. The molecule has 0 atom stereocenters. The second kappa shape index (κ2) is 5.47. The molecule has 0 aliphatic heterocycles. The lowest BCUT2D eigenvalue weighted by Crippen LogP contribution is -1.89. The van der Waals surface area contributed by atoms with Crippen molar-refractivity contribution >= 4 is 22.7 Å². The third kappa shape index (κ3) is 2.26. The average Bonchev–Trinajstić information content (AvgIpc) is 2.94. The highest BCUT2D eigenvalue weighted by atomic mass is 35.5. The van der Waals surface area contributed by atoms with Gasteiger partial charge in [-0.05, 0) is 45.9 Å². The van der Waals surface area contributed by atoms with Gasteiger partial charge < -0.3 is 0 Å². The predicted molar refractivity (Wildman–Crippen MR) is 94.9 cm³/mol. The summed E-state index contributed by atoms with van der Waals surface area (Å²) in [5, 5.41) is 0.802. The van der Waals surface area contributed by atoms with Crippen LogP contribution in [0.15, 0.2) is 72.8 Å². The summed E-state index contributed by atoms with van der Waals surface area (Å²) in [5.74, 6) is 0. The first-order valence-electron chi connectivity index (χ1n) is 7.46. The Morgan fingerprint density at radius 3 is 2.36 bits per heavy atom. The molecule has 3 aromatic rings. The van der Waals surface area contributed by atoms with Crippen molar-refractivity contribution in [2.75, 3.05) is 0 Å². The normalized spacial score (nSPS) is 12.9. The summed E-state index contributed by atoms with van der Waals surface area (Å²) < 4.78 is 0. The van der Waals surface area contributed by atoms with Crippen molar-refractivity contribution in [3.63, 3.8) is 0 Å². The van der Waals surface area contributed by atoms with Crippen LogP contribution in [0.2, 0.25) is 0 Å². The van der Waals surface area contributed by atoms with Gasteiger partial charge in [0.25, 0.3) is 0 Å². The molecule has 0 aromatic heterocycles. The van der Waals surface area contributed by atoms with E-state index in [4.69, 9.17) is 11.6 Å². The molecule has 3 aromatic carbocycles. The maximum Gasteiger partial charge on any atom is 0.0487 e. The van der Waals surface area contributed by atoms with Crippen LogP contribution in [0.5, 0.6) is 0 Å². The van der Waals surface area contributed by atoms with Gasteiger partial charge in [0.15, 0.2) is 0 Å². The molecule has 0 heterocycles. The Balaban J connectivity index is 1.81. The van der Waals surface area contributed by atoms with E-state index in [1.807, 2.05) is 24.3 Å². The standard InChI is InChI=1S/C21H15Cl/c22-21(13-15-7-2-1-3-8-15)19-12-6-11-18-17-10-5-4-9-16(17)14-20(18)19/h1-13H,14H2. The van der Waals surface area contributed by atoms with Crippen molar-refractivity contribution in [3.05, 3.63) is 95.1 Å². The number of halogens is 1. The Bertz CT molecular complexity index is 860. The highest BCUT2D eigenvalue weighted by molar-refractivity contribution is 6.51. The molecule has 0 spiro atoms.